The number of hydrogen-bond acceptors (Lipinski definition) is 6. The van der Waals surface area contributed by atoms with Gasteiger partial charge >= 0.3 is 17.9 Å². The van der Waals surface area contributed by atoms with Crippen molar-refractivity contribution in [3.05, 3.63) is 24.3 Å². The Kier molecular flexibility index (Phi) is 45.8. The summed E-state index contributed by atoms with van der Waals surface area (Å²) in [6.07, 6.45) is 53.2. The zero-order chi connectivity index (χ0) is 42.3. The normalized spacial score (nSPS) is 12.1. The van der Waals surface area contributed by atoms with Crippen molar-refractivity contribution in [2.45, 2.75) is 277 Å². The molecular formula is C52H96O6. The van der Waals surface area contributed by atoms with Crippen LogP contribution in [0.3, 0.4) is 0 Å². The molecule has 0 bridgehead atoms. The zero-order valence-electron chi connectivity index (χ0n) is 38.8. The van der Waals surface area contributed by atoms with Gasteiger partial charge < -0.3 is 14.2 Å². The monoisotopic (exact) mass is 817 g/mol. The molecule has 340 valence electrons. The minimum Gasteiger partial charge on any atom is -0.462 e. The third-order valence-electron chi connectivity index (χ3n) is 11.2. The molecule has 6 nitrogen and oxygen atoms in total. The number of ether oxygens (including phenoxy) is 3. The van der Waals surface area contributed by atoms with E-state index in [1.165, 1.54) is 141 Å². The predicted molar refractivity (Wildman–Crippen MR) is 247 cm³/mol. The first-order valence-electron chi connectivity index (χ1n) is 25.3. The Morgan fingerprint density at radius 3 is 1.02 bits per heavy atom. The molecule has 0 fully saturated rings. The van der Waals surface area contributed by atoms with Crippen LogP contribution < -0.4 is 0 Å². The van der Waals surface area contributed by atoms with Crippen molar-refractivity contribution in [2.24, 2.45) is 0 Å². The van der Waals surface area contributed by atoms with Crippen molar-refractivity contribution in [2.75, 3.05) is 13.2 Å². The largest absolute Gasteiger partial charge is 0.462 e. The molecule has 0 aromatic heterocycles. The third kappa shape index (κ3) is 45.0. The summed E-state index contributed by atoms with van der Waals surface area (Å²) in [6, 6.07) is 0. The average Bonchev–Trinajstić information content (AvgIpc) is 3.22. The van der Waals surface area contributed by atoms with Crippen molar-refractivity contribution in [3.8, 4) is 0 Å². The fourth-order valence-corrected chi connectivity index (χ4v) is 7.36. The van der Waals surface area contributed by atoms with Gasteiger partial charge in [0.05, 0.1) is 0 Å². The Labute approximate surface area is 360 Å². The van der Waals surface area contributed by atoms with Gasteiger partial charge in [-0.05, 0) is 44.9 Å². The van der Waals surface area contributed by atoms with Gasteiger partial charge in [0.15, 0.2) is 6.10 Å². The molecule has 0 aromatic rings. The van der Waals surface area contributed by atoms with E-state index in [9.17, 15) is 14.4 Å². The van der Waals surface area contributed by atoms with Crippen LogP contribution in [0, 0.1) is 0 Å². The molecular weight excluding hydrogens is 721 g/mol. The highest BCUT2D eigenvalue weighted by molar-refractivity contribution is 5.71. The van der Waals surface area contributed by atoms with E-state index in [1.54, 1.807) is 0 Å². The summed E-state index contributed by atoms with van der Waals surface area (Å²) in [6.45, 7) is 6.56. The SMILES string of the molecule is CCC/C=C\C/C=C\CCCCCCCC(=O)OC(COC(=O)CCCCCCCCCC)COC(=O)CCCCCCCCCCCCCCCCCCCCC. The number of rotatable bonds is 46. The fourth-order valence-electron chi connectivity index (χ4n) is 7.36. The van der Waals surface area contributed by atoms with Gasteiger partial charge in [-0.25, -0.2) is 0 Å². The molecule has 0 saturated carbocycles. The van der Waals surface area contributed by atoms with Gasteiger partial charge in [0.1, 0.15) is 13.2 Å². The first kappa shape index (κ1) is 55.9. The second-order valence-corrected chi connectivity index (χ2v) is 17.1. The minimum absolute atomic E-state index is 0.0728. The van der Waals surface area contributed by atoms with Crippen LogP contribution in [0.5, 0.6) is 0 Å². The summed E-state index contributed by atoms with van der Waals surface area (Å²) in [4.78, 5) is 37.8. The van der Waals surface area contributed by atoms with Crippen LogP contribution >= 0.6 is 0 Å². The van der Waals surface area contributed by atoms with Gasteiger partial charge in [-0.2, -0.15) is 0 Å². The van der Waals surface area contributed by atoms with Gasteiger partial charge in [0, 0.05) is 19.3 Å². The highest BCUT2D eigenvalue weighted by Gasteiger charge is 2.19. The van der Waals surface area contributed by atoms with Gasteiger partial charge in [0.2, 0.25) is 0 Å². The Morgan fingerprint density at radius 2 is 0.655 bits per heavy atom. The summed E-state index contributed by atoms with van der Waals surface area (Å²) < 4.78 is 16.7. The predicted octanol–water partition coefficient (Wildman–Crippen LogP) is 16.4. The van der Waals surface area contributed by atoms with Crippen LogP contribution in [-0.4, -0.2) is 37.2 Å². The summed E-state index contributed by atoms with van der Waals surface area (Å²) in [7, 11) is 0. The van der Waals surface area contributed by atoms with Crippen LogP contribution in [0.15, 0.2) is 24.3 Å². The van der Waals surface area contributed by atoms with Crippen molar-refractivity contribution in [3.63, 3.8) is 0 Å². The highest BCUT2D eigenvalue weighted by Crippen LogP contribution is 2.16. The molecule has 0 rings (SSSR count). The smallest absolute Gasteiger partial charge is 0.306 e. The molecule has 0 N–H and O–H groups in total. The minimum atomic E-state index is -0.771. The molecule has 0 radical (unpaired) electrons. The number of hydrogen-bond donors (Lipinski definition) is 0. The lowest BCUT2D eigenvalue weighted by atomic mass is 10.0. The topological polar surface area (TPSA) is 78.9 Å². The lowest BCUT2D eigenvalue weighted by Crippen LogP contribution is -2.30. The summed E-state index contributed by atoms with van der Waals surface area (Å²) >= 11 is 0. The Balaban J connectivity index is 4.23. The van der Waals surface area contributed by atoms with Crippen LogP contribution in [-0.2, 0) is 28.6 Å². The molecule has 0 aliphatic rings. The van der Waals surface area contributed by atoms with E-state index in [4.69, 9.17) is 14.2 Å². The molecule has 1 atom stereocenters. The van der Waals surface area contributed by atoms with Crippen molar-refractivity contribution in [1.82, 2.24) is 0 Å². The van der Waals surface area contributed by atoms with Crippen LogP contribution in [0.4, 0.5) is 0 Å². The average molecular weight is 817 g/mol. The zero-order valence-corrected chi connectivity index (χ0v) is 38.8. The van der Waals surface area contributed by atoms with E-state index in [1.807, 2.05) is 0 Å². The van der Waals surface area contributed by atoms with E-state index >= 15 is 0 Å². The van der Waals surface area contributed by atoms with Crippen LogP contribution in [0.25, 0.3) is 0 Å². The van der Waals surface area contributed by atoms with E-state index < -0.39 is 6.10 Å². The first-order chi connectivity index (χ1) is 28.5. The maximum absolute atomic E-state index is 12.7. The first-order valence-corrected chi connectivity index (χ1v) is 25.3. The molecule has 0 saturated heterocycles. The highest BCUT2D eigenvalue weighted by atomic mass is 16.6. The standard InChI is InChI=1S/C52H96O6/c1-4-7-10-13-16-19-21-23-24-25-26-27-28-30-31-33-36-39-42-45-51(54)57-48-49(47-56-50(53)44-41-38-35-18-15-12-9-6-3)58-52(55)46-43-40-37-34-32-29-22-20-17-14-11-8-5-2/h11,14,20,22,49H,4-10,12-13,15-19,21,23-48H2,1-3H3/b14-11-,22-20-. The Bertz CT molecular complexity index is 942. The molecule has 1 unspecified atom stereocenters. The van der Waals surface area contributed by atoms with Crippen LogP contribution in [0.2, 0.25) is 0 Å². The van der Waals surface area contributed by atoms with E-state index in [2.05, 4.69) is 45.1 Å². The second kappa shape index (κ2) is 47.6. The van der Waals surface area contributed by atoms with Crippen molar-refractivity contribution >= 4 is 17.9 Å². The van der Waals surface area contributed by atoms with Gasteiger partial charge in [0.25, 0.3) is 0 Å². The van der Waals surface area contributed by atoms with Gasteiger partial charge in [-0.3, -0.25) is 14.4 Å². The van der Waals surface area contributed by atoms with Gasteiger partial charge in [-0.15, -0.1) is 0 Å². The summed E-state index contributed by atoms with van der Waals surface area (Å²) in [5.74, 6) is -0.880. The van der Waals surface area contributed by atoms with E-state index in [-0.39, 0.29) is 31.1 Å². The summed E-state index contributed by atoms with van der Waals surface area (Å²) in [5, 5.41) is 0. The quantitative estimate of drug-likeness (QED) is 0.0263. The molecule has 0 spiro atoms. The maximum atomic E-state index is 12.7. The number of allylic oxidation sites excluding steroid dienone is 4. The lowest BCUT2D eigenvalue weighted by molar-refractivity contribution is -0.167. The Hall–Kier alpha value is -2.11. The molecule has 0 aliphatic heterocycles. The number of esters is 3. The molecule has 0 aliphatic carbocycles. The molecule has 0 heterocycles. The summed E-state index contributed by atoms with van der Waals surface area (Å²) in [5.41, 5.74) is 0. The number of unbranched alkanes of at least 4 members (excludes halogenated alkanes) is 31. The number of carbonyl (C=O) groups is 3. The van der Waals surface area contributed by atoms with Gasteiger partial charge in [-0.1, -0.05) is 231 Å². The van der Waals surface area contributed by atoms with Crippen molar-refractivity contribution in [1.29, 1.82) is 0 Å². The molecule has 0 amide bonds. The second-order valence-electron chi connectivity index (χ2n) is 17.1. The molecule has 6 heteroatoms. The molecule has 58 heavy (non-hydrogen) atoms. The third-order valence-corrected chi connectivity index (χ3v) is 11.2. The van der Waals surface area contributed by atoms with E-state index in [0.717, 1.165) is 89.9 Å². The number of carbonyl (C=O) groups excluding carboxylic acids is 3. The lowest BCUT2D eigenvalue weighted by Gasteiger charge is -2.18. The van der Waals surface area contributed by atoms with Crippen LogP contribution in [0.1, 0.15) is 271 Å². The van der Waals surface area contributed by atoms with Crippen molar-refractivity contribution < 1.29 is 28.6 Å². The molecule has 0 aromatic carbocycles. The Morgan fingerprint density at radius 1 is 0.345 bits per heavy atom. The fraction of sp³-hybridized carbons (Fsp3) is 0.865. The maximum Gasteiger partial charge on any atom is 0.306 e. The van der Waals surface area contributed by atoms with E-state index in [0.29, 0.717) is 19.3 Å².